The molecular formula is C19H26N6O3. The van der Waals surface area contributed by atoms with Crippen LogP contribution in [0.25, 0.3) is 11.0 Å². The summed E-state index contributed by atoms with van der Waals surface area (Å²) in [5.74, 6) is 0.0112. The Bertz CT molecular complexity index is 923. The number of piperazine rings is 1. The predicted octanol–water partition coefficient (Wildman–Crippen LogP) is 0.0794. The van der Waals surface area contributed by atoms with Gasteiger partial charge in [-0.15, -0.1) is 0 Å². The molecular weight excluding hydrogens is 360 g/mol. The van der Waals surface area contributed by atoms with Crippen LogP contribution in [0.3, 0.4) is 0 Å². The molecule has 9 nitrogen and oxygen atoms in total. The number of aromatic nitrogens is 2. The Morgan fingerprint density at radius 1 is 1.14 bits per heavy atom. The molecule has 2 fully saturated rings. The lowest BCUT2D eigenvalue weighted by Crippen LogP contribution is -2.54. The minimum absolute atomic E-state index is 0.0860. The number of carbonyl (C=O) groups excluding carboxylic acids is 2. The van der Waals surface area contributed by atoms with Crippen LogP contribution in [0.15, 0.2) is 23.0 Å². The molecule has 1 aliphatic carbocycles. The number of aromatic amines is 2. The van der Waals surface area contributed by atoms with E-state index >= 15 is 0 Å². The maximum Gasteiger partial charge on any atom is 0.323 e. The summed E-state index contributed by atoms with van der Waals surface area (Å²) in [6.07, 6.45) is 2.19. The second-order valence-corrected chi connectivity index (χ2v) is 7.66. The first-order valence-corrected chi connectivity index (χ1v) is 9.76. The Hall–Kier alpha value is -2.65. The number of hydrogen-bond acceptors (Lipinski definition) is 5. The first-order chi connectivity index (χ1) is 13.5. The number of carbonyl (C=O) groups is 2. The van der Waals surface area contributed by atoms with Crippen molar-refractivity contribution in [1.82, 2.24) is 25.1 Å². The Balaban J connectivity index is 1.27. The van der Waals surface area contributed by atoms with Crippen molar-refractivity contribution in [2.75, 3.05) is 38.0 Å². The zero-order valence-electron chi connectivity index (χ0n) is 16.0. The molecule has 0 bridgehead atoms. The Kier molecular flexibility index (Phi) is 5.19. The number of amides is 2. The summed E-state index contributed by atoms with van der Waals surface area (Å²) in [4.78, 5) is 45.5. The summed E-state index contributed by atoms with van der Waals surface area (Å²) >= 11 is 0. The molecule has 4 rings (SSSR count). The molecule has 1 saturated carbocycles. The smallest absolute Gasteiger partial charge is 0.323 e. The summed E-state index contributed by atoms with van der Waals surface area (Å²) < 4.78 is 0. The number of anilines is 1. The number of H-pyrrole nitrogens is 2. The summed E-state index contributed by atoms with van der Waals surface area (Å²) in [5, 5.41) is 5.93. The van der Waals surface area contributed by atoms with E-state index < -0.39 is 0 Å². The van der Waals surface area contributed by atoms with Crippen LogP contribution in [0.2, 0.25) is 0 Å². The van der Waals surface area contributed by atoms with Crippen LogP contribution in [0.5, 0.6) is 0 Å². The molecule has 1 aromatic carbocycles. The minimum Gasteiger partial charge on any atom is -0.352 e. The molecule has 1 aromatic heterocycles. The summed E-state index contributed by atoms with van der Waals surface area (Å²) in [6, 6.07) is 5.39. The van der Waals surface area contributed by atoms with Crippen molar-refractivity contribution in [2.45, 2.75) is 31.8 Å². The SMILES string of the molecule is C[C@@H](C(=O)Nc1ccc2[nH]c(=O)[nH]c2c1)N1CCN(CC(=O)NC2CC2)CC1. The standard InChI is InChI=1S/C19H26N6O3/c1-12(18(27)21-14-4-5-15-16(10-14)23-19(28)22-15)25-8-6-24(7-9-25)11-17(26)20-13-2-3-13/h4-5,10,12-13H,2-3,6-9,11H2,1H3,(H,20,26)(H,21,27)(H2,22,23,28)/t12-/m0/s1. The number of nitrogens with one attached hydrogen (secondary N) is 4. The lowest BCUT2D eigenvalue weighted by Gasteiger charge is -2.37. The Morgan fingerprint density at radius 3 is 2.57 bits per heavy atom. The summed E-state index contributed by atoms with van der Waals surface area (Å²) in [5.41, 5.74) is 1.75. The van der Waals surface area contributed by atoms with Crippen LogP contribution in [0.4, 0.5) is 5.69 Å². The number of hydrogen-bond donors (Lipinski definition) is 4. The van der Waals surface area contributed by atoms with Crippen LogP contribution < -0.4 is 16.3 Å². The number of nitrogens with zero attached hydrogens (tertiary/aromatic N) is 2. The van der Waals surface area contributed by atoms with Crippen molar-refractivity contribution >= 4 is 28.5 Å². The third kappa shape index (κ3) is 4.42. The van der Waals surface area contributed by atoms with Gasteiger partial charge < -0.3 is 20.6 Å². The van der Waals surface area contributed by atoms with Gasteiger partial charge in [0.25, 0.3) is 0 Å². The Morgan fingerprint density at radius 2 is 1.86 bits per heavy atom. The molecule has 0 unspecified atom stereocenters. The van der Waals surface area contributed by atoms with E-state index in [2.05, 4.69) is 30.4 Å². The van der Waals surface area contributed by atoms with Gasteiger partial charge in [0, 0.05) is 37.9 Å². The van der Waals surface area contributed by atoms with Gasteiger partial charge in [0.1, 0.15) is 0 Å². The molecule has 0 radical (unpaired) electrons. The average molecular weight is 386 g/mol. The first kappa shape index (κ1) is 18.7. The van der Waals surface area contributed by atoms with Crippen LogP contribution in [0, 0.1) is 0 Å². The van der Waals surface area contributed by atoms with E-state index in [4.69, 9.17) is 0 Å². The van der Waals surface area contributed by atoms with Gasteiger partial charge in [0.05, 0.1) is 23.6 Å². The third-order valence-electron chi connectivity index (χ3n) is 5.43. The van der Waals surface area contributed by atoms with E-state index in [0.717, 1.165) is 39.0 Å². The van der Waals surface area contributed by atoms with Crippen LogP contribution in [0.1, 0.15) is 19.8 Å². The van der Waals surface area contributed by atoms with Crippen molar-refractivity contribution < 1.29 is 9.59 Å². The van der Waals surface area contributed by atoms with Gasteiger partial charge in [-0.3, -0.25) is 19.4 Å². The third-order valence-corrected chi connectivity index (χ3v) is 5.43. The Labute approximate surface area is 162 Å². The fourth-order valence-corrected chi connectivity index (χ4v) is 3.54. The molecule has 2 aliphatic rings. The topological polar surface area (TPSA) is 113 Å². The molecule has 2 heterocycles. The molecule has 1 atom stereocenters. The minimum atomic E-state index is -0.275. The van der Waals surface area contributed by atoms with E-state index in [1.54, 1.807) is 18.2 Å². The quantitative estimate of drug-likeness (QED) is 0.562. The normalized spacial score (nSPS) is 19.5. The van der Waals surface area contributed by atoms with E-state index in [-0.39, 0.29) is 23.5 Å². The fourth-order valence-electron chi connectivity index (χ4n) is 3.54. The van der Waals surface area contributed by atoms with Crippen molar-refractivity contribution in [3.8, 4) is 0 Å². The fraction of sp³-hybridized carbons (Fsp3) is 0.526. The molecule has 0 spiro atoms. The van der Waals surface area contributed by atoms with Gasteiger partial charge in [0.15, 0.2) is 0 Å². The molecule has 150 valence electrons. The maximum atomic E-state index is 12.6. The van der Waals surface area contributed by atoms with Gasteiger partial charge in [-0.1, -0.05) is 0 Å². The van der Waals surface area contributed by atoms with Crippen molar-refractivity contribution in [3.05, 3.63) is 28.7 Å². The van der Waals surface area contributed by atoms with E-state index in [0.29, 0.717) is 29.3 Å². The molecule has 2 amide bonds. The average Bonchev–Trinajstić information content (AvgIpc) is 3.39. The maximum absolute atomic E-state index is 12.6. The molecule has 2 aromatic rings. The predicted molar refractivity (Wildman–Crippen MR) is 106 cm³/mol. The highest BCUT2D eigenvalue weighted by Crippen LogP contribution is 2.18. The lowest BCUT2D eigenvalue weighted by atomic mass is 10.2. The first-order valence-electron chi connectivity index (χ1n) is 9.76. The van der Waals surface area contributed by atoms with Crippen molar-refractivity contribution in [3.63, 3.8) is 0 Å². The van der Waals surface area contributed by atoms with Gasteiger partial charge in [-0.2, -0.15) is 0 Å². The largest absolute Gasteiger partial charge is 0.352 e. The van der Waals surface area contributed by atoms with Gasteiger partial charge in [-0.25, -0.2) is 4.79 Å². The highest BCUT2D eigenvalue weighted by atomic mass is 16.2. The number of imidazole rings is 1. The van der Waals surface area contributed by atoms with Crippen LogP contribution in [-0.2, 0) is 9.59 Å². The number of benzene rings is 1. The van der Waals surface area contributed by atoms with Crippen LogP contribution in [-0.4, -0.2) is 76.4 Å². The highest BCUT2D eigenvalue weighted by Gasteiger charge is 2.28. The molecule has 1 saturated heterocycles. The van der Waals surface area contributed by atoms with E-state index in [1.165, 1.54) is 0 Å². The van der Waals surface area contributed by atoms with Gasteiger partial charge in [0.2, 0.25) is 11.8 Å². The summed E-state index contributed by atoms with van der Waals surface area (Å²) in [6.45, 7) is 5.35. The molecule has 1 aliphatic heterocycles. The van der Waals surface area contributed by atoms with Crippen molar-refractivity contribution in [2.24, 2.45) is 0 Å². The van der Waals surface area contributed by atoms with Crippen LogP contribution >= 0.6 is 0 Å². The number of rotatable bonds is 6. The highest BCUT2D eigenvalue weighted by molar-refractivity contribution is 5.96. The van der Waals surface area contributed by atoms with Gasteiger partial charge >= 0.3 is 5.69 Å². The number of fused-ring (bicyclic) bond motifs is 1. The van der Waals surface area contributed by atoms with Gasteiger partial charge in [-0.05, 0) is 38.0 Å². The zero-order chi connectivity index (χ0) is 19.7. The van der Waals surface area contributed by atoms with E-state index in [1.807, 2.05) is 6.92 Å². The summed E-state index contributed by atoms with van der Waals surface area (Å²) in [7, 11) is 0. The molecule has 4 N–H and O–H groups in total. The molecule has 9 heteroatoms. The second kappa shape index (κ2) is 7.76. The van der Waals surface area contributed by atoms with Crippen molar-refractivity contribution in [1.29, 1.82) is 0 Å². The lowest BCUT2D eigenvalue weighted by molar-refractivity contribution is -0.124. The monoisotopic (exact) mass is 386 g/mol. The zero-order valence-corrected chi connectivity index (χ0v) is 16.0. The second-order valence-electron chi connectivity index (χ2n) is 7.66. The van der Waals surface area contributed by atoms with E-state index in [9.17, 15) is 14.4 Å². The molecule has 28 heavy (non-hydrogen) atoms.